The van der Waals surface area contributed by atoms with Crippen LogP contribution >= 0.6 is 0 Å². The third kappa shape index (κ3) is 3.77. The Morgan fingerprint density at radius 1 is 0.969 bits per heavy atom. The van der Waals surface area contributed by atoms with Crippen LogP contribution in [0.3, 0.4) is 0 Å². The van der Waals surface area contributed by atoms with Crippen LogP contribution < -0.4 is 15.6 Å². The van der Waals surface area contributed by atoms with Gasteiger partial charge in [0.05, 0.1) is 7.11 Å². The molecule has 1 aromatic heterocycles. The number of aryl methyl sites for hydroxylation is 1. The Labute approximate surface area is 187 Å². The molecule has 32 heavy (non-hydrogen) atoms. The predicted molar refractivity (Wildman–Crippen MR) is 125 cm³/mol. The highest BCUT2D eigenvalue weighted by atomic mass is 16.5. The fourth-order valence-corrected chi connectivity index (χ4v) is 5.03. The van der Waals surface area contributed by atoms with Gasteiger partial charge < -0.3 is 19.5 Å². The molecule has 164 valence electrons. The number of ether oxygens (including phenoxy) is 1. The summed E-state index contributed by atoms with van der Waals surface area (Å²) in [6.07, 6.45) is 0.987. The van der Waals surface area contributed by atoms with Crippen LogP contribution in [-0.4, -0.2) is 35.7 Å². The molecule has 6 heteroatoms. The van der Waals surface area contributed by atoms with E-state index in [9.17, 15) is 9.59 Å². The molecule has 3 aromatic rings. The summed E-state index contributed by atoms with van der Waals surface area (Å²) in [4.78, 5) is 27.6. The first-order chi connectivity index (χ1) is 15.5. The molecule has 2 aromatic carbocycles. The van der Waals surface area contributed by atoms with E-state index in [2.05, 4.69) is 5.32 Å². The second-order valence-electron chi connectivity index (χ2n) is 8.81. The lowest BCUT2D eigenvalue weighted by Crippen LogP contribution is -2.50. The molecular weight excluding hydrogens is 402 g/mol. The van der Waals surface area contributed by atoms with Crippen molar-refractivity contribution in [2.45, 2.75) is 25.8 Å². The summed E-state index contributed by atoms with van der Waals surface area (Å²) >= 11 is 0. The molecule has 2 amide bonds. The second kappa shape index (κ2) is 8.19. The molecule has 5 rings (SSSR count). The molecule has 2 aliphatic rings. The van der Waals surface area contributed by atoms with Crippen molar-refractivity contribution in [1.82, 2.24) is 9.47 Å². The number of anilines is 1. The van der Waals surface area contributed by atoms with Crippen molar-refractivity contribution in [2.75, 3.05) is 25.5 Å². The van der Waals surface area contributed by atoms with Gasteiger partial charge in [-0.25, -0.2) is 4.79 Å². The summed E-state index contributed by atoms with van der Waals surface area (Å²) in [7, 11) is 1.65. The highest BCUT2D eigenvalue weighted by Gasteiger charge is 2.37. The Bertz CT molecular complexity index is 1200. The lowest BCUT2D eigenvalue weighted by Gasteiger charge is -2.43. The number of methoxy groups -OCH3 is 1. The van der Waals surface area contributed by atoms with Crippen LogP contribution in [0.25, 0.3) is 11.1 Å². The summed E-state index contributed by atoms with van der Waals surface area (Å²) < 4.78 is 7.22. The fraction of sp³-hybridized carbons (Fsp3) is 0.308. The van der Waals surface area contributed by atoms with Gasteiger partial charge in [0, 0.05) is 48.6 Å². The fourth-order valence-electron chi connectivity index (χ4n) is 5.03. The van der Waals surface area contributed by atoms with Crippen LogP contribution in [0.15, 0.2) is 65.5 Å². The third-order valence-electron chi connectivity index (χ3n) is 6.58. The molecule has 0 spiro atoms. The summed E-state index contributed by atoms with van der Waals surface area (Å²) in [5.74, 6) is 1.19. The monoisotopic (exact) mass is 429 g/mol. The smallest absolute Gasteiger partial charge is 0.321 e. The van der Waals surface area contributed by atoms with Crippen LogP contribution in [0.5, 0.6) is 5.75 Å². The minimum atomic E-state index is -0.0821. The molecule has 1 fully saturated rings. The zero-order chi connectivity index (χ0) is 22.2. The van der Waals surface area contributed by atoms with Gasteiger partial charge in [0.15, 0.2) is 0 Å². The number of pyridine rings is 1. The number of nitrogens with one attached hydrogen (secondary N) is 1. The lowest BCUT2D eigenvalue weighted by molar-refractivity contribution is 0.140. The van der Waals surface area contributed by atoms with E-state index in [0.717, 1.165) is 40.2 Å². The van der Waals surface area contributed by atoms with Gasteiger partial charge in [0.1, 0.15) is 5.75 Å². The van der Waals surface area contributed by atoms with Crippen LogP contribution in [0.1, 0.15) is 23.6 Å². The van der Waals surface area contributed by atoms with E-state index in [1.165, 1.54) is 0 Å². The first kappa shape index (κ1) is 20.4. The van der Waals surface area contributed by atoms with Gasteiger partial charge in [-0.2, -0.15) is 0 Å². The number of aromatic nitrogens is 1. The Kier molecular flexibility index (Phi) is 5.21. The van der Waals surface area contributed by atoms with Gasteiger partial charge in [-0.3, -0.25) is 4.79 Å². The zero-order valence-corrected chi connectivity index (χ0v) is 18.4. The first-order valence-corrected chi connectivity index (χ1v) is 11.0. The molecule has 1 N–H and O–H groups in total. The Hall–Kier alpha value is -3.54. The number of amides is 2. The van der Waals surface area contributed by atoms with Crippen LogP contribution in [0, 0.1) is 12.8 Å². The minimum absolute atomic E-state index is 0.0320. The quantitative estimate of drug-likeness (QED) is 0.668. The SMILES string of the molecule is COc1ccc(-c2ccc(=O)n3c2[C@@H]2C[C@H](CN(C(=O)Nc4ccc(C)cc4)C2)C3)cc1. The van der Waals surface area contributed by atoms with Gasteiger partial charge in [0.2, 0.25) is 0 Å². The van der Waals surface area contributed by atoms with E-state index in [1.54, 1.807) is 13.2 Å². The number of rotatable bonds is 3. The maximum Gasteiger partial charge on any atom is 0.321 e. The molecular formula is C26H27N3O3. The van der Waals surface area contributed by atoms with Crippen LogP contribution in [-0.2, 0) is 6.54 Å². The largest absolute Gasteiger partial charge is 0.497 e. The topological polar surface area (TPSA) is 63.6 Å². The number of carbonyl (C=O) groups excluding carboxylic acids is 1. The van der Waals surface area contributed by atoms with Crippen molar-refractivity contribution < 1.29 is 9.53 Å². The number of hydrogen-bond donors (Lipinski definition) is 1. The maximum absolute atomic E-state index is 13.0. The Morgan fingerprint density at radius 2 is 1.72 bits per heavy atom. The van der Waals surface area contributed by atoms with Crippen LogP contribution in [0.4, 0.5) is 10.5 Å². The van der Waals surface area contributed by atoms with Crippen molar-refractivity contribution in [3.8, 4) is 16.9 Å². The number of likely N-dealkylation sites (tertiary alicyclic amines) is 1. The van der Waals surface area contributed by atoms with Crippen molar-refractivity contribution in [3.05, 3.63) is 82.3 Å². The number of fused-ring (bicyclic) bond motifs is 4. The van der Waals surface area contributed by atoms with Gasteiger partial charge >= 0.3 is 6.03 Å². The Balaban J connectivity index is 1.45. The number of nitrogens with zero attached hydrogens (tertiary/aromatic N) is 2. The van der Waals surface area contributed by atoms with E-state index in [-0.39, 0.29) is 23.4 Å². The second-order valence-corrected chi connectivity index (χ2v) is 8.81. The van der Waals surface area contributed by atoms with Gasteiger partial charge in [-0.05, 0) is 55.2 Å². The highest BCUT2D eigenvalue weighted by Crippen LogP contribution is 2.40. The number of benzene rings is 2. The van der Waals surface area contributed by atoms with Crippen molar-refractivity contribution >= 4 is 11.7 Å². The zero-order valence-electron chi connectivity index (χ0n) is 18.4. The molecule has 2 bridgehead atoms. The van der Waals surface area contributed by atoms with Crippen molar-refractivity contribution in [1.29, 1.82) is 0 Å². The molecule has 0 saturated carbocycles. The standard InChI is InChI=1S/C26H27N3O3/c1-17-3-7-21(8-4-17)27-26(31)28-14-18-13-20(16-28)25-23(11-12-24(30)29(25)15-18)19-5-9-22(32-2)10-6-19/h3-12,18,20H,13-16H2,1-2H3,(H,27,31)/t18-,20-/m1/s1. The van der Waals surface area contributed by atoms with Gasteiger partial charge in [0.25, 0.3) is 5.56 Å². The third-order valence-corrected chi connectivity index (χ3v) is 6.58. The number of carbonyl (C=O) groups is 1. The molecule has 2 atom stereocenters. The molecule has 3 heterocycles. The normalized spacial score (nSPS) is 19.2. The molecule has 2 aliphatic heterocycles. The number of hydrogen-bond acceptors (Lipinski definition) is 3. The summed E-state index contributed by atoms with van der Waals surface area (Å²) in [5, 5.41) is 3.03. The molecule has 0 aliphatic carbocycles. The first-order valence-electron chi connectivity index (χ1n) is 11.0. The van der Waals surface area contributed by atoms with Gasteiger partial charge in [-0.15, -0.1) is 0 Å². The average Bonchev–Trinajstić information content (AvgIpc) is 2.81. The maximum atomic E-state index is 13.0. The summed E-state index contributed by atoms with van der Waals surface area (Å²) in [6.45, 7) is 3.92. The van der Waals surface area contributed by atoms with E-state index in [1.807, 2.05) is 71.0 Å². The molecule has 6 nitrogen and oxygen atoms in total. The van der Waals surface area contributed by atoms with Crippen molar-refractivity contribution in [3.63, 3.8) is 0 Å². The minimum Gasteiger partial charge on any atom is -0.497 e. The number of piperidine rings is 1. The highest BCUT2D eigenvalue weighted by molar-refractivity contribution is 5.89. The molecule has 1 saturated heterocycles. The van der Waals surface area contributed by atoms with E-state index in [0.29, 0.717) is 19.6 Å². The number of urea groups is 1. The van der Waals surface area contributed by atoms with E-state index in [4.69, 9.17) is 4.74 Å². The van der Waals surface area contributed by atoms with Gasteiger partial charge in [-0.1, -0.05) is 29.8 Å². The molecule has 0 unspecified atom stereocenters. The average molecular weight is 430 g/mol. The lowest BCUT2D eigenvalue weighted by atomic mass is 9.80. The van der Waals surface area contributed by atoms with E-state index < -0.39 is 0 Å². The van der Waals surface area contributed by atoms with E-state index >= 15 is 0 Å². The Morgan fingerprint density at radius 3 is 2.44 bits per heavy atom. The van der Waals surface area contributed by atoms with Crippen molar-refractivity contribution in [2.24, 2.45) is 5.92 Å². The molecule has 0 radical (unpaired) electrons. The van der Waals surface area contributed by atoms with Crippen LogP contribution in [0.2, 0.25) is 0 Å². The summed E-state index contributed by atoms with van der Waals surface area (Å²) in [6, 6.07) is 19.2. The summed E-state index contributed by atoms with van der Waals surface area (Å²) in [5.41, 5.74) is 5.12. The predicted octanol–water partition coefficient (Wildman–Crippen LogP) is 4.48.